The molecule has 0 saturated carbocycles. The summed E-state index contributed by atoms with van der Waals surface area (Å²) in [5.41, 5.74) is 3.34. The van der Waals surface area contributed by atoms with E-state index in [1.54, 1.807) is 33.8 Å². The Morgan fingerprint density at radius 1 is 0.750 bits per heavy atom. The van der Waals surface area contributed by atoms with E-state index in [2.05, 4.69) is 68.3 Å². The number of hydrogen-bond donors (Lipinski definition) is 2. The quantitative estimate of drug-likeness (QED) is 0.0570. The highest BCUT2D eigenvalue weighted by atomic mass is 127. The van der Waals surface area contributed by atoms with E-state index in [1.165, 1.54) is 25.0 Å². The molecule has 0 aliphatic carbocycles. The molecule has 0 heterocycles. The second kappa shape index (κ2) is 35.1. The Balaban J connectivity index is -0.000000152. The van der Waals surface area contributed by atoms with Crippen LogP contribution in [-0.2, 0) is 23.9 Å². The van der Waals surface area contributed by atoms with Crippen molar-refractivity contribution in [2.45, 2.75) is 119 Å². The van der Waals surface area contributed by atoms with Crippen LogP contribution in [0.5, 0.6) is 0 Å². The molecule has 0 saturated heterocycles. The number of carbonyl (C=O) groups is 4. The molecule has 0 amide bonds. The van der Waals surface area contributed by atoms with Gasteiger partial charge in [-0.15, -0.1) is 19.7 Å². The van der Waals surface area contributed by atoms with Crippen LogP contribution in [0.15, 0.2) is 72.9 Å². The van der Waals surface area contributed by atoms with Crippen LogP contribution in [0.4, 0.5) is 0 Å². The number of Topliss-reactive ketones (excluding diaryl/α,β-unsaturated/α-hetero) is 3. The minimum atomic E-state index is -0.843. The molecule has 0 spiro atoms. The molecule has 0 bridgehead atoms. The lowest BCUT2D eigenvalue weighted by atomic mass is 10.1. The fraction of sp³-hybridized carbons (Fsp3) is 0.556. The van der Waals surface area contributed by atoms with E-state index < -0.39 is 17.7 Å². The standard InChI is InChI=1S/C10H16O2.C10H16O.C8H14O3.C7H11I.CH4O/c1-4-5-8(2)6-7-10(12)9(3)11;1-4-6-9(2)7-5-8-10(3)11;1-6(9)5-7(10)11-8(2,3)4;1-3-4-7(2)5-6-8;1-2/h4,6,10,12H,1,5,7H2,2-3H3;4,7H,1,5-6,8H2,2-3H3;5H2,1-4H3;3,5H,1,4,6H2,2H3;2H,1H3/b8-6-;9-7-;;7-5-;/t10-;;;;/m0..../s1. The lowest BCUT2D eigenvalue weighted by Crippen LogP contribution is -2.24. The second-order valence-corrected chi connectivity index (χ2v) is 11.7. The van der Waals surface area contributed by atoms with E-state index in [9.17, 15) is 19.2 Å². The second-order valence-electron chi connectivity index (χ2n) is 10.9. The molecule has 8 heteroatoms. The monoisotopic (exact) mass is 732 g/mol. The fourth-order valence-corrected chi connectivity index (χ4v) is 3.40. The molecule has 1 atom stereocenters. The van der Waals surface area contributed by atoms with Gasteiger partial charge in [-0.1, -0.05) is 75.8 Å². The maximum atomic E-state index is 10.8. The van der Waals surface area contributed by atoms with Gasteiger partial charge in [0.2, 0.25) is 0 Å². The Morgan fingerprint density at radius 2 is 1.16 bits per heavy atom. The number of hydrogen-bond acceptors (Lipinski definition) is 7. The number of esters is 1. The van der Waals surface area contributed by atoms with Gasteiger partial charge in [0.05, 0.1) is 0 Å². The molecule has 7 nitrogen and oxygen atoms in total. The highest BCUT2D eigenvalue weighted by Gasteiger charge is 2.16. The summed E-state index contributed by atoms with van der Waals surface area (Å²) in [4.78, 5) is 42.4. The molecule has 0 unspecified atom stereocenters. The van der Waals surface area contributed by atoms with Crippen molar-refractivity contribution in [2.75, 3.05) is 11.5 Å². The summed E-state index contributed by atoms with van der Waals surface area (Å²) in [6.07, 6.45) is 15.5. The van der Waals surface area contributed by atoms with Gasteiger partial charge in [-0.25, -0.2) is 0 Å². The number of ketones is 3. The zero-order chi connectivity index (χ0) is 35.7. The van der Waals surface area contributed by atoms with Gasteiger partial charge in [-0.3, -0.25) is 14.4 Å². The van der Waals surface area contributed by atoms with Gasteiger partial charge in [-0.2, -0.15) is 0 Å². The van der Waals surface area contributed by atoms with E-state index in [4.69, 9.17) is 14.9 Å². The Kier molecular flexibility index (Phi) is 40.8. The first-order chi connectivity index (χ1) is 20.4. The average molecular weight is 733 g/mol. The predicted octanol–water partition coefficient (Wildman–Crippen LogP) is 8.59. The molecule has 0 aromatic heterocycles. The van der Waals surface area contributed by atoms with Crippen molar-refractivity contribution in [3.63, 3.8) is 0 Å². The number of alkyl halides is 1. The van der Waals surface area contributed by atoms with Crippen LogP contribution in [0.1, 0.15) is 107 Å². The van der Waals surface area contributed by atoms with E-state index in [1.807, 2.05) is 25.2 Å². The molecule has 254 valence electrons. The van der Waals surface area contributed by atoms with Crippen LogP contribution in [-0.4, -0.2) is 56.8 Å². The first kappa shape index (κ1) is 51.2. The zero-order valence-electron chi connectivity index (χ0n) is 29.1. The average Bonchev–Trinajstić information content (AvgIpc) is 2.88. The van der Waals surface area contributed by atoms with E-state index >= 15 is 0 Å². The molecule has 0 aromatic rings. The first-order valence-corrected chi connectivity index (χ1v) is 16.1. The van der Waals surface area contributed by atoms with Gasteiger partial charge in [0.25, 0.3) is 0 Å². The van der Waals surface area contributed by atoms with Crippen LogP contribution in [0.2, 0.25) is 0 Å². The molecule has 0 radical (unpaired) electrons. The number of carbonyl (C=O) groups excluding carboxylic acids is 4. The number of halogens is 1. The summed E-state index contributed by atoms with van der Waals surface area (Å²) in [5.74, 6) is -0.547. The van der Waals surface area contributed by atoms with Crippen molar-refractivity contribution in [3.05, 3.63) is 72.9 Å². The molecular formula is C36H61IO7. The van der Waals surface area contributed by atoms with E-state index in [0.717, 1.165) is 42.8 Å². The first-order valence-electron chi connectivity index (χ1n) is 14.6. The smallest absolute Gasteiger partial charge is 0.313 e. The highest BCUT2D eigenvalue weighted by molar-refractivity contribution is 14.1. The predicted molar refractivity (Wildman–Crippen MR) is 195 cm³/mol. The van der Waals surface area contributed by atoms with E-state index in [-0.39, 0.29) is 23.8 Å². The van der Waals surface area contributed by atoms with Gasteiger partial charge < -0.3 is 19.7 Å². The topological polar surface area (TPSA) is 118 Å². The molecule has 0 aromatic carbocycles. The van der Waals surface area contributed by atoms with Gasteiger partial charge in [0, 0.05) is 18.0 Å². The molecule has 44 heavy (non-hydrogen) atoms. The van der Waals surface area contributed by atoms with Crippen molar-refractivity contribution in [1.29, 1.82) is 0 Å². The highest BCUT2D eigenvalue weighted by Crippen LogP contribution is 2.08. The normalized spacial score (nSPS) is 11.6. The number of ether oxygens (including phenoxy) is 1. The third-order valence-corrected chi connectivity index (χ3v) is 5.23. The lowest BCUT2D eigenvalue weighted by Gasteiger charge is -2.18. The van der Waals surface area contributed by atoms with Gasteiger partial charge in [-0.05, 0) is 94.4 Å². The van der Waals surface area contributed by atoms with Crippen molar-refractivity contribution in [1.82, 2.24) is 0 Å². The molecular weight excluding hydrogens is 671 g/mol. The summed E-state index contributed by atoms with van der Waals surface area (Å²) in [6, 6.07) is 0. The largest absolute Gasteiger partial charge is 0.460 e. The molecule has 2 N–H and O–H groups in total. The van der Waals surface area contributed by atoms with Crippen LogP contribution in [0.25, 0.3) is 0 Å². The van der Waals surface area contributed by atoms with Gasteiger partial charge >= 0.3 is 5.97 Å². The van der Waals surface area contributed by atoms with E-state index in [0.29, 0.717) is 12.8 Å². The summed E-state index contributed by atoms with van der Waals surface area (Å²) >= 11 is 2.33. The van der Waals surface area contributed by atoms with Crippen LogP contribution >= 0.6 is 22.6 Å². The van der Waals surface area contributed by atoms with Gasteiger partial charge in [0.15, 0.2) is 5.78 Å². The zero-order valence-corrected chi connectivity index (χ0v) is 31.3. The van der Waals surface area contributed by atoms with Gasteiger partial charge in [0.1, 0.15) is 29.7 Å². The third kappa shape index (κ3) is 52.2. The molecule has 0 rings (SSSR count). The molecule has 0 aliphatic heterocycles. The van der Waals surface area contributed by atoms with Crippen LogP contribution < -0.4 is 0 Å². The maximum Gasteiger partial charge on any atom is 0.313 e. The SMILES string of the molecule is C=CC/C(C)=C\CCC(C)=O.C=CC/C(C)=C\CI.C=CC/C(C)=C\C[C@H](O)C(C)=O.CC(=O)CC(=O)OC(C)(C)C.CO. The number of aliphatic hydroxyl groups excluding tert-OH is 2. The summed E-state index contributed by atoms with van der Waals surface area (Å²) in [6.45, 7) is 26.7. The number of rotatable bonds is 15. The van der Waals surface area contributed by atoms with Crippen LogP contribution in [0.3, 0.4) is 0 Å². The molecule has 0 fully saturated rings. The summed E-state index contributed by atoms with van der Waals surface area (Å²) in [5, 5.41) is 16.1. The maximum absolute atomic E-state index is 10.8. The minimum Gasteiger partial charge on any atom is -0.460 e. The molecule has 0 aliphatic rings. The Hall–Kier alpha value is -2.43. The third-order valence-electron chi connectivity index (χ3n) is 4.79. The van der Waals surface area contributed by atoms with Crippen molar-refractivity contribution >= 4 is 45.9 Å². The minimum absolute atomic E-state index is 0.128. The fourth-order valence-electron chi connectivity index (χ4n) is 2.65. The Morgan fingerprint density at radius 3 is 1.48 bits per heavy atom. The Labute approximate surface area is 282 Å². The van der Waals surface area contributed by atoms with Crippen molar-refractivity contribution in [3.8, 4) is 0 Å². The number of allylic oxidation sites excluding steroid dienone is 8. The summed E-state index contributed by atoms with van der Waals surface area (Å²) < 4.78 is 6.00. The Bertz CT molecular complexity index is 919. The van der Waals surface area contributed by atoms with Crippen molar-refractivity contribution < 1.29 is 34.1 Å². The number of aliphatic hydroxyl groups is 2. The van der Waals surface area contributed by atoms with Crippen molar-refractivity contribution in [2.24, 2.45) is 0 Å². The lowest BCUT2D eigenvalue weighted by molar-refractivity contribution is -0.156. The summed E-state index contributed by atoms with van der Waals surface area (Å²) in [7, 11) is 1.00. The van der Waals surface area contributed by atoms with Crippen LogP contribution in [0, 0.1) is 0 Å².